The number of ketones is 1. The van der Waals surface area contributed by atoms with Crippen LogP contribution in [0.4, 0.5) is 0 Å². The predicted octanol–water partition coefficient (Wildman–Crippen LogP) is 2.40. The maximum absolute atomic E-state index is 12.0. The minimum atomic E-state index is -0.198. The van der Waals surface area contributed by atoms with E-state index >= 15 is 0 Å². The molecule has 1 aliphatic rings. The summed E-state index contributed by atoms with van der Waals surface area (Å²) >= 11 is 0. The standard InChI is InChI=1S/C14H9NO3/c16-10-4-5-11-12(8-10)18-13(14(11)17)7-9-3-1-2-6-15-9/h1-8,16H. The van der Waals surface area contributed by atoms with Gasteiger partial charge in [0.1, 0.15) is 11.5 Å². The fourth-order valence-corrected chi connectivity index (χ4v) is 1.77. The maximum Gasteiger partial charge on any atom is 0.232 e. The first-order valence-corrected chi connectivity index (χ1v) is 5.42. The molecule has 0 spiro atoms. The van der Waals surface area contributed by atoms with Crippen LogP contribution < -0.4 is 4.74 Å². The molecule has 1 N–H and O–H groups in total. The highest BCUT2D eigenvalue weighted by atomic mass is 16.5. The summed E-state index contributed by atoms with van der Waals surface area (Å²) in [6, 6.07) is 9.84. The highest BCUT2D eigenvalue weighted by molar-refractivity contribution is 6.14. The van der Waals surface area contributed by atoms with Gasteiger partial charge in [0, 0.05) is 18.3 Å². The first kappa shape index (κ1) is 10.5. The van der Waals surface area contributed by atoms with E-state index in [0.717, 1.165) is 0 Å². The molecule has 0 aliphatic carbocycles. The molecule has 0 unspecified atom stereocenters. The zero-order valence-electron chi connectivity index (χ0n) is 9.33. The molecule has 2 heterocycles. The number of hydrogen-bond acceptors (Lipinski definition) is 4. The van der Waals surface area contributed by atoms with E-state index < -0.39 is 0 Å². The van der Waals surface area contributed by atoms with Gasteiger partial charge in [0.15, 0.2) is 5.76 Å². The monoisotopic (exact) mass is 239 g/mol. The first-order valence-electron chi connectivity index (χ1n) is 5.42. The number of nitrogens with zero attached hydrogens (tertiary/aromatic N) is 1. The number of hydrogen-bond donors (Lipinski definition) is 1. The Kier molecular flexibility index (Phi) is 2.34. The molecule has 1 aliphatic heterocycles. The molecule has 18 heavy (non-hydrogen) atoms. The van der Waals surface area contributed by atoms with E-state index in [9.17, 15) is 9.90 Å². The molecule has 88 valence electrons. The van der Waals surface area contributed by atoms with Gasteiger partial charge in [-0.05, 0) is 24.3 Å². The number of Topliss-reactive ketones (excluding diaryl/α,β-unsaturated/α-hetero) is 1. The van der Waals surface area contributed by atoms with Gasteiger partial charge in [-0.3, -0.25) is 9.78 Å². The van der Waals surface area contributed by atoms with E-state index in [-0.39, 0.29) is 17.3 Å². The summed E-state index contributed by atoms with van der Waals surface area (Å²) < 4.78 is 5.42. The maximum atomic E-state index is 12.0. The minimum absolute atomic E-state index is 0.0700. The van der Waals surface area contributed by atoms with Crippen LogP contribution in [0, 0.1) is 0 Å². The summed E-state index contributed by atoms with van der Waals surface area (Å²) in [6.45, 7) is 0. The SMILES string of the molecule is O=C1C(=Cc2ccccn2)Oc2cc(O)ccc21. The number of aromatic nitrogens is 1. The lowest BCUT2D eigenvalue weighted by Crippen LogP contribution is -1.98. The lowest BCUT2D eigenvalue weighted by Gasteiger charge is -1.98. The van der Waals surface area contributed by atoms with Crippen LogP contribution in [0.5, 0.6) is 11.5 Å². The number of fused-ring (bicyclic) bond motifs is 1. The van der Waals surface area contributed by atoms with Gasteiger partial charge < -0.3 is 9.84 Å². The topological polar surface area (TPSA) is 59.4 Å². The van der Waals surface area contributed by atoms with E-state index in [4.69, 9.17) is 4.74 Å². The Morgan fingerprint density at radius 2 is 2.11 bits per heavy atom. The second-order valence-corrected chi connectivity index (χ2v) is 3.87. The summed E-state index contributed by atoms with van der Waals surface area (Å²) in [4.78, 5) is 16.1. The van der Waals surface area contributed by atoms with Crippen molar-refractivity contribution in [2.24, 2.45) is 0 Å². The summed E-state index contributed by atoms with van der Waals surface area (Å²) in [6.07, 6.45) is 3.23. The average Bonchev–Trinajstić information content (AvgIpc) is 2.67. The normalized spacial score (nSPS) is 15.6. The third-order valence-corrected chi connectivity index (χ3v) is 2.62. The first-order chi connectivity index (χ1) is 8.74. The molecule has 4 nitrogen and oxygen atoms in total. The van der Waals surface area contributed by atoms with Gasteiger partial charge in [-0.15, -0.1) is 0 Å². The number of carbonyl (C=O) groups is 1. The number of allylic oxidation sites excluding steroid dienone is 1. The van der Waals surface area contributed by atoms with Crippen molar-refractivity contribution in [3.05, 3.63) is 59.6 Å². The molecule has 0 amide bonds. The summed E-state index contributed by atoms with van der Waals surface area (Å²) in [5.41, 5.74) is 1.10. The lowest BCUT2D eigenvalue weighted by molar-refractivity contribution is 0.101. The number of phenolic OH excluding ortho intramolecular Hbond substituents is 1. The molecule has 1 aromatic heterocycles. The lowest BCUT2D eigenvalue weighted by atomic mass is 10.1. The summed E-state index contributed by atoms with van der Waals surface area (Å²) in [5, 5.41) is 9.34. The summed E-state index contributed by atoms with van der Waals surface area (Å²) in [5.74, 6) is 0.466. The molecule has 0 bridgehead atoms. The van der Waals surface area contributed by atoms with Gasteiger partial charge in [-0.25, -0.2) is 0 Å². The number of pyridine rings is 1. The smallest absolute Gasteiger partial charge is 0.232 e. The Bertz CT molecular complexity index is 647. The van der Waals surface area contributed by atoms with Crippen LogP contribution in [0.3, 0.4) is 0 Å². The van der Waals surface area contributed by atoms with Crippen molar-refractivity contribution in [3.63, 3.8) is 0 Å². The Hall–Kier alpha value is -2.62. The fraction of sp³-hybridized carbons (Fsp3) is 0. The highest BCUT2D eigenvalue weighted by Gasteiger charge is 2.27. The molecular formula is C14H9NO3. The van der Waals surface area contributed by atoms with Crippen molar-refractivity contribution in [2.45, 2.75) is 0 Å². The van der Waals surface area contributed by atoms with Gasteiger partial charge in [-0.1, -0.05) is 6.07 Å². The number of ether oxygens (including phenoxy) is 1. The number of carbonyl (C=O) groups excluding carboxylic acids is 1. The molecule has 3 rings (SSSR count). The van der Waals surface area contributed by atoms with Gasteiger partial charge in [-0.2, -0.15) is 0 Å². The largest absolute Gasteiger partial charge is 0.508 e. The molecular weight excluding hydrogens is 230 g/mol. The number of phenols is 1. The number of aromatic hydroxyl groups is 1. The van der Waals surface area contributed by atoms with E-state index in [1.165, 1.54) is 12.1 Å². The van der Waals surface area contributed by atoms with Gasteiger partial charge in [0.05, 0.1) is 11.3 Å². The Labute approximate surface area is 103 Å². The molecule has 2 aromatic rings. The van der Waals surface area contributed by atoms with Crippen LogP contribution >= 0.6 is 0 Å². The van der Waals surface area contributed by atoms with Crippen molar-refractivity contribution in [3.8, 4) is 11.5 Å². The minimum Gasteiger partial charge on any atom is -0.508 e. The van der Waals surface area contributed by atoms with Gasteiger partial charge >= 0.3 is 0 Å². The third kappa shape index (κ3) is 1.73. The second kappa shape index (κ2) is 4.00. The zero-order chi connectivity index (χ0) is 12.5. The molecule has 0 atom stereocenters. The zero-order valence-corrected chi connectivity index (χ0v) is 9.33. The molecule has 0 saturated heterocycles. The van der Waals surface area contributed by atoms with Crippen LogP contribution in [0.2, 0.25) is 0 Å². The van der Waals surface area contributed by atoms with Crippen molar-refractivity contribution < 1.29 is 14.6 Å². The van der Waals surface area contributed by atoms with Crippen LogP contribution in [0.1, 0.15) is 16.1 Å². The van der Waals surface area contributed by atoms with Crippen molar-refractivity contribution >= 4 is 11.9 Å². The van der Waals surface area contributed by atoms with E-state index in [1.807, 2.05) is 6.07 Å². The van der Waals surface area contributed by atoms with E-state index in [1.54, 1.807) is 30.5 Å². The van der Waals surface area contributed by atoms with Crippen LogP contribution in [-0.2, 0) is 0 Å². The molecule has 1 aromatic carbocycles. The van der Waals surface area contributed by atoms with Crippen molar-refractivity contribution in [1.82, 2.24) is 4.98 Å². The average molecular weight is 239 g/mol. The predicted molar refractivity (Wildman–Crippen MR) is 65.3 cm³/mol. The fourth-order valence-electron chi connectivity index (χ4n) is 1.77. The van der Waals surface area contributed by atoms with Crippen molar-refractivity contribution in [2.75, 3.05) is 0 Å². The number of benzene rings is 1. The van der Waals surface area contributed by atoms with Gasteiger partial charge in [0.2, 0.25) is 5.78 Å². The van der Waals surface area contributed by atoms with Crippen LogP contribution in [-0.4, -0.2) is 15.9 Å². The van der Waals surface area contributed by atoms with Crippen molar-refractivity contribution in [1.29, 1.82) is 0 Å². The Balaban J connectivity index is 2.00. The molecule has 4 heteroatoms. The Morgan fingerprint density at radius 3 is 2.89 bits per heavy atom. The van der Waals surface area contributed by atoms with Crippen LogP contribution in [0.25, 0.3) is 6.08 Å². The van der Waals surface area contributed by atoms with Gasteiger partial charge in [0.25, 0.3) is 0 Å². The quantitative estimate of drug-likeness (QED) is 0.776. The van der Waals surface area contributed by atoms with E-state index in [0.29, 0.717) is 17.0 Å². The van der Waals surface area contributed by atoms with Crippen LogP contribution in [0.15, 0.2) is 48.4 Å². The van der Waals surface area contributed by atoms with E-state index in [2.05, 4.69) is 4.98 Å². The number of rotatable bonds is 1. The molecule has 0 radical (unpaired) electrons. The second-order valence-electron chi connectivity index (χ2n) is 3.87. The molecule has 0 fully saturated rings. The summed E-state index contributed by atoms with van der Waals surface area (Å²) in [7, 11) is 0. The molecule has 0 saturated carbocycles. The Morgan fingerprint density at radius 1 is 1.22 bits per heavy atom. The highest BCUT2D eigenvalue weighted by Crippen LogP contribution is 2.34. The third-order valence-electron chi connectivity index (χ3n) is 2.62.